The van der Waals surface area contributed by atoms with Crippen molar-refractivity contribution in [3.05, 3.63) is 6.61 Å². The summed E-state index contributed by atoms with van der Waals surface area (Å²) in [5, 5.41) is 27.3. The van der Waals surface area contributed by atoms with Crippen molar-refractivity contribution < 1.29 is 20.1 Å². The topological polar surface area (TPSA) is 95.9 Å². The number of alkyl halides is 1. The Morgan fingerprint density at radius 2 is 2.27 bits per heavy atom. The lowest BCUT2D eigenvalue weighted by molar-refractivity contribution is -0.0928. The Bertz CT molecular complexity index is 162. The molecule has 0 saturated carbocycles. The van der Waals surface area contributed by atoms with Gasteiger partial charge in [0.05, 0.1) is 6.61 Å². The molecule has 1 heterocycles. The summed E-state index contributed by atoms with van der Waals surface area (Å²) in [5.41, 5.74) is 3.80. The first-order valence-corrected chi connectivity index (χ1v) is 4.02. The summed E-state index contributed by atoms with van der Waals surface area (Å²) < 4.78 is 3.05. The second-order valence-electron chi connectivity index (χ2n) is 2.42. The average Bonchev–Trinajstić information content (AvgIpc) is 2.15. The van der Waals surface area contributed by atoms with E-state index >= 15 is 0 Å². The molecule has 1 rings (SSSR count). The molecule has 6 heteroatoms. The van der Waals surface area contributed by atoms with Crippen molar-refractivity contribution in [3.63, 3.8) is 0 Å². The van der Waals surface area contributed by atoms with E-state index in [2.05, 4.69) is 0 Å². The normalized spacial score (nSPS) is 51.5. The molecule has 3 atom stereocenters. The molecular formula is C5H9INO4. The minimum atomic E-state index is -1.67. The molecule has 1 fully saturated rings. The molecule has 0 bridgehead atoms. The van der Waals surface area contributed by atoms with Crippen LogP contribution in [-0.4, -0.2) is 37.4 Å². The van der Waals surface area contributed by atoms with Crippen molar-refractivity contribution in [1.29, 1.82) is 0 Å². The molecule has 5 nitrogen and oxygen atoms in total. The van der Waals surface area contributed by atoms with Crippen LogP contribution < -0.4 is 5.73 Å². The van der Waals surface area contributed by atoms with Crippen molar-refractivity contribution in [2.45, 2.75) is 15.4 Å². The second kappa shape index (κ2) is 2.79. The fourth-order valence-electron chi connectivity index (χ4n) is 0.757. The molecule has 1 saturated heterocycles. The first kappa shape index (κ1) is 9.62. The molecule has 1 aliphatic rings. The van der Waals surface area contributed by atoms with E-state index in [1.165, 1.54) is 22.6 Å². The van der Waals surface area contributed by atoms with Crippen LogP contribution in [0.5, 0.6) is 0 Å². The molecule has 1 aliphatic heterocycles. The summed E-state index contributed by atoms with van der Waals surface area (Å²) in [5.74, 6) is 0. The fourth-order valence-corrected chi connectivity index (χ4v) is 1.20. The van der Waals surface area contributed by atoms with E-state index in [-0.39, 0.29) is 0 Å². The summed E-state index contributed by atoms with van der Waals surface area (Å²) in [4.78, 5) is 0. The third kappa shape index (κ3) is 1.27. The molecule has 0 unspecified atom stereocenters. The van der Waals surface area contributed by atoms with E-state index in [4.69, 9.17) is 20.7 Å². The van der Waals surface area contributed by atoms with Crippen LogP contribution in [0.15, 0.2) is 0 Å². The fraction of sp³-hybridized carbons (Fsp3) is 0.800. The predicted molar refractivity (Wildman–Crippen MR) is 44.4 cm³/mol. The van der Waals surface area contributed by atoms with E-state index in [0.717, 1.165) is 6.61 Å². The van der Waals surface area contributed by atoms with Gasteiger partial charge in [-0.1, -0.05) is 0 Å². The Kier molecular flexibility index (Phi) is 2.43. The van der Waals surface area contributed by atoms with Gasteiger partial charge in [0, 0.05) is 0 Å². The minimum absolute atomic E-state index is 0.556. The predicted octanol–water partition coefficient (Wildman–Crippen LogP) is -1.69. The highest BCUT2D eigenvalue weighted by Crippen LogP contribution is 2.39. The van der Waals surface area contributed by atoms with Crippen LogP contribution >= 0.6 is 22.6 Å². The number of rotatable bonds is 1. The van der Waals surface area contributed by atoms with Crippen LogP contribution in [0.2, 0.25) is 0 Å². The van der Waals surface area contributed by atoms with E-state index in [9.17, 15) is 5.11 Å². The van der Waals surface area contributed by atoms with Crippen molar-refractivity contribution in [2.24, 2.45) is 5.73 Å². The molecule has 0 aromatic rings. The monoisotopic (exact) mass is 274 g/mol. The van der Waals surface area contributed by atoms with Crippen LogP contribution in [0, 0.1) is 6.61 Å². The zero-order chi connectivity index (χ0) is 8.70. The van der Waals surface area contributed by atoms with Gasteiger partial charge in [0.15, 0.2) is 9.33 Å². The lowest BCUT2D eigenvalue weighted by Crippen LogP contribution is -2.60. The number of hydrogen-bond donors (Lipinski definition) is 4. The van der Waals surface area contributed by atoms with E-state index in [1.807, 2.05) is 0 Å². The van der Waals surface area contributed by atoms with Crippen LogP contribution in [0.3, 0.4) is 0 Å². The molecule has 0 aromatic heterocycles. The minimum Gasteiger partial charge on any atom is -0.392 e. The third-order valence-electron chi connectivity index (χ3n) is 1.63. The second-order valence-corrected chi connectivity index (χ2v) is 4.06. The average molecular weight is 274 g/mol. The van der Waals surface area contributed by atoms with Crippen LogP contribution in [0.1, 0.15) is 0 Å². The highest BCUT2D eigenvalue weighted by Gasteiger charge is 2.57. The van der Waals surface area contributed by atoms with Crippen LogP contribution in [0.25, 0.3) is 0 Å². The van der Waals surface area contributed by atoms with Gasteiger partial charge in [0.1, 0.15) is 12.7 Å². The molecule has 0 aliphatic carbocycles. The first-order chi connectivity index (χ1) is 4.94. The molecular weight excluding hydrogens is 265 g/mol. The maximum absolute atomic E-state index is 9.48. The van der Waals surface area contributed by atoms with Gasteiger partial charge in [-0.05, 0) is 22.6 Å². The van der Waals surface area contributed by atoms with Crippen molar-refractivity contribution in [2.75, 3.05) is 6.61 Å². The maximum atomic E-state index is 9.48. The Labute approximate surface area is 77.3 Å². The molecule has 0 aromatic carbocycles. The number of aliphatic hydroxyl groups excluding tert-OH is 2. The molecule has 0 spiro atoms. The number of hydrogen-bond acceptors (Lipinski definition) is 5. The Morgan fingerprint density at radius 1 is 1.73 bits per heavy atom. The van der Waals surface area contributed by atoms with Gasteiger partial charge in [-0.25, -0.2) is 0 Å². The number of aliphatic hydroxyl groups is 3. The maximum Gasteiger partial charge on any atom is 0.188 e. The van der Waals surface area contributed by atoms with Crippen LogP contribution in [-0.2, 0) is 4.74 Å². The smallest absolute Gasteiger partial charge is 0.188 e. The summed E-state index contributed by atoms with van der Waals surface area (Å²) in [6, 6.07) is 0. The SMILES string of the molecule is N[C@]1(CO)O[CH][C@H](O)[C@@]1(O)I. The van der Waals surface area contributed by atoms with Gasteiger partial charge in [-0.2, -0.15) is 0 Å². The van der Waals surface area contributed by atoms with Gasteiger partial charge in [0.25, 0.3) is 0 Å². The molecule has 65 valence electrons. The number of halogens is 1. The summed E-state index contributed by atoms with van der Waals surface area (Å²) in [7, 11) is 0. The van der Waals surface area contributed by atoms with Gasteiger partial charge in [0.2, 0.25) is 0 Å². The zero-order valence-electron chi connectivity index (χ0n) is 5.57. The lowest BCUT2D eigenvalue weighted by atomic mass is 10.1. The number of ether oxygens (including phenoxy) is 1. The summed E-state index contributed by atoms with van der Waals surface area (Å²) >= 11 is 1.54. The first-order valence-electron chi connectivity index (χ1n) is 2.94. The highest BCUT2D eigenvalue weighted by molar-refractivity contribution is 14.1. The lowest BCUT2D eigenvalue weighted by Gasteiger charge is -2.32. The van der Waals surface area contributed by atoms with Gasteiger partial charge in [-0.3, -0.25) is 5.73 Å². The Morgan fingerprint density at radius 3 is 2.45 bits per heavy atom. The third-order valence-corrected chi connectivity index (χ3v) is 3.18. The van der Waals surface area contributed by atoms with Gasteiger partial charge >= 0.3 is 0 Å². The standard InChI is InChI=1S/C5H9INO4/c6-5(10)3(9)1-11-4(5,7)2-8/h1,3,8-10H,2,7H2/t3-,4+,5-/m0/s1. The van der Waals surface area contributed by atoms with E-state index in [0.29, 0.717) is 0 Å². The van der Waals surface area contributed by atoms with E-state index < -0.39 is 22.0 Å². The molecule has 5 N–H and O–H groups in total. The van der Waals surface area contributed by atoms with E-state index in [1.54, 1.807) is 0 Å². The highest BCUT2D eigenvalue weighted by atomic mass is 127. The summed E-state index contributed by atoms with van der Waals surface area (Å²) in [6.07, 6.45) is -1.18. The quantitative estimate of drug-likeness (QED) is 0.338. The van der Waals surface area contributed by atoms with Gasteiger partial charge in [-0.15, -0.1) is 0 Å². The molecule has 1 radical (unpaired) electrons. The summed E-state index contributed by atoms with van der Waals surface area (Å²) in [6.45, 7) is 0.447. The van der Waals surface area contributed by atoms with Crippen molar-refractivity contribution >= 4 is 22.6 Å². The molecule has 0 amide bonds. The van der Waals surface area contributed by atoms with Gasteiger partial charge < -0.3 is 20.1 Å². The largest absolute Gasteiger partial charge is 0.392 e. The van der Waals surface area contributed by atoms with Crippen molar-refractivity contribution in [1.82, 2.24) is 0 Å². The molecule has 11 heavy (non-hydrogen) atoms. The van der Waals surface area contributed by atoms with Crippen molar-refractivity contribution in [3.8, 4) is 0 Å². The Balaban J connectivity index is 2.86. The zero-order valence-corrected chi connectivity index (χ0v) is 7.72. The number of nitrogens with two attached hydrogens (primary N) is 1. The Hall–Kier alpha value is 0.530. The van der Waals surface area contributed by atoms with Crippen LogP contribution in [0.4, 0.5) is 0 Å².